The van der Waals surface area contributed by atoms with E-state index in [1.54, 1.807) is 6.20 Å². The maximum absolute atomic E-state index is 11.5. The Morgan fingerprint density at radius 2 is 2.26 bits per heavy atom. The van der Waals surface area contributed by atoms with Gasteiger partial charge in [0.2, 0.25) is 0 Å². The molecular weight excluding hydrogens is 244 g/mol. The van der Waals surface area contributed by atoms with Crippen molar-refractivity contribution in [3.8, 4) is 0 Å². The van der Waals surface area contributed by atoms with Crippen LogP contribution in [-0.2, 0) is 11.3 Å². The smallest absolute Gasteiger partial charge is 0.319 e. The van der Waals surface area contributed by atoms with Crippen LogP contribution in [0.1, 0.15) is 26.7 Å². The highest BCUT2D eigenvalue weighted by Crippen LogP contribution is 2.17. The third kappa shape index (κ3) is 4.55. The van der Waals surface area contributed by atoms with Gasteiger partial charge >= 0.3 is 6.03 Å². The first kappa shape index (κ1) is 13.9. The SMILES string of the molecule is CC(C)NC(=O)Nc1cnn(CC2CCOCC2)c1. The van der Waals surface area contributed by atoms with Crippen molar-refractivity contribution in [1.29, 1.82) is 0 Å². The highest BCUT2D eigenvalue weighted by Gasteiger charge is 2.15. The molecule has 0 atom stereocenters. The number of hydrogen-bond donors (Lipinski definition) is 2. The number of aromatic nitrogens is 2. The molecule has 6 heteroatoms. The van der Waals surface area contributed by atoms with Crippen LogP contribution in [0, 0.1) is 5.92 Å². The Hall–Kier alpha value is -1.56. The lowest BCUT2D eigenvalue weighted by Crippen LogP contribution is -2.34. The van der Waals surface area contributed by atoms with Gasteiger partial charge in [0.25, 0.3) is 0 Å². The molecule has 1 aromatic heterocycles. The maximum atomic E-state index is 11.5. The summed E-state index contributed by atoms with van der Waals surface area (Å²) < 4.78 is 7.23. The zero-order valence-electron chi connectivity index (χ0n) is 11.6. The Balaban J connectivity index is 1.82. The molecule has 106 valence electrons. The molecular formula is C13H22N4O2. The van der Waals surface area contributed by atoms with Gasteiger partial charge in [-0.25, -0.2) is 4.79 Å². The highest BCUT2D eigenvalue weighted by molar-refractivity contribution is 5.89. The largest absolute Gasteiger partial charge is 0.381 e. The van der Waals surface area contributed by atoms with Gasteiger partial charge in [-0.2, -0.15) is 5.10 Å². The molecule has 0 saturated carbocycles. The third-order valence-electron chi connectivity index (χ3n) is 3.10. The molecule has 0 spiro atoms. The number of hydrogen-bond acceptors (Lipinski definition) is 3. The second-order valence-electron chi connectivity index (χ2n) is 5.26. The fourth-order valence-corrected chi connectivity index (χ4v) is 2.15. The quantitative estimate of drug-likeness (QED) is 0.873. The first-order valence-corrected chi connectivity index (χ1v) is 6.81. The standard InChI is InChI=1S/C13H22N4O2/c1-10(2)15-13(18)16-12-7-14-17(9-12)8-11-3-5-19-6-4-11/h7,9-11H,3-6,8H2,1-2H3,(H2,15,16,18). The fourth-order valence-electron chi connectivity index (χ4n) is 2.15. The Labute approximate surface area is 113 Å². The third-order valence-corrected chi connectivity index (χ3v) is 3.10. The van der Waals surface area contributed by atoms with Crippen molar-refractivity contribution < 1.29 is 9.53 Å². The Bertz CT molecular complexity index is 411. The molecule has 2 amide bonds. The summed E-state index contributed by atoms with van der Waals surface area (Å²) in [7, 11) is 0. The van der Waals surface area contributed by atoms with Gasteiger partial charge in [-0.05, 0) is 32.6 Å². The van der Waals surface area contributed by atoms with E-state index in [4.69, 9.17) is 4.74 Å². The number of carbonyl (C=O) groups is 1. The molecule has 1 aromatic rings. The second kappa shape index (κ2) is 6.56. The molecule has 2 rings (SSSR count). The van der Waals surface area contributed by atoms with Gasteiger partial charge in [0.1, 0.15) is 0 Å². The molecule has 1 fully saturated rings. The molecule has 2 heterocycles. The molecule has 1 aliphatic rings. The predicted octanol–water partition coefficient (Wildman–Crippen LogP) is 1.84. The number of anilines is 1. The number of nitrogens with zero attached hydrogens (tertiary/aromatic N) is 2. The lowest BCUT2D eigenvalue weighted by molar-refractivity contribution is 0.0601. The van der Waals surface area contributed by atoms with Gasteiger partial charge in [-0.15, -0.1) is 0 Å². The highest BCUT2D eigenvalue weighted by atomic mass is 16.5. The van der Waals surface area contributed by atoms with Crippen LogP contribution in [0.3, 0.4) is 0 Å². The minimum atomic E-state index is -0.194. The molecule has 0 bridgehead atoms. The molecule has 0 unspecified atom stereocenters. The monoisotopic (exact) mass is 266 g/mol. The molecule has 0 radical (unpaired) electrons. The van der Waals surface area contributed by atoms with E-state index >= 15 is 0 Å². The molecule has 0 aromatic carbocycles. The molecule has 6 nitrogen and oxygen atoms in total. The second-order valence-corrected chi connectivity index (χ2v) is 5.26. The number of rotatable bonds is 4. The molecule has 2 N–H and O–H groups in total. The van der Waals surface area contributed by atoms with Gasteiger partial charge in [-0.3, -0.25) is 4.68 Å². The number of nitrogens with one attached hydrogen (secondary N) is 2. The topological polar surface area (TPSA) is 68.2 Å². The molecule has 0 aliphatic carbocycles. The zero-order valence-corrected chi connectivity index (χ0v) is 11.6. The van der Waals surface area contributed by atoms with Gasteiger partial charge in [0, 0.05) is 32.0 Å². The van der Waals surface area contributed by atoms with Crippen LogP contribution in [0.2, 0.25) is 0 Å². The first-order chi connectivity index (χ1) is 9.13. The average molecular weight is 266 g/mol. The van der Waals surface area contributed by atoms with Crippen molar-refractivity contribution in [2.45, 2.75) is 39.3 Å². The molecule has 1 saturated heterocycles. The van der Waals surface area contributed by atoms with E-state index in [-0.39, 0.29) is 12.1 Å². The van der Waals surface area contributed by atoms with Crippen molar-refractivity contribution in [2.24, 2.45) is 5.92 Å². The van der Waals surface area contributed by atoms with Gasteiger partial charge in [0.05, 0.1) is 11.9 Å². The van der Waals surface area contributed by atoms with E-state index in [1.807, 2.05) is 24.7 Å². The fraction of sp³-hybridized carbons (Fsp3) is 0.692. The summed E-state index contributed by atoms with van der Waals surface area (Å²) in [6.07, 6.45) is 5.71. The zero-order chi connectivity index (χ0) is 13.7. The van der Waals surface area contributed by atoms with Gasteiger partial charge in [-0.1, -0.05) is 0 Å². The van der Waals surface area contributed by atoms with Gasteiger partial charge < -0.3 is 15.4 Å². The van der Waals surface area contributed by atoms with Gasteiger partial charge in [0.15, 0.2) is 0 Å². The summed E-state index contributed by atoms with van der Waals surface area (Å²) in [6, 6.07) is -0.0714. The van der Waals surface area contributed by atoms with E-state index in [9.17, 15) is 4.79 Å². The van der Waals surface area contributed by atoms with Crippen molar-refractivity contribution in [3.05, 3.63) is 12.4 Å². The summed E-state index contributed by atoms with van der Waals surface area (Å²) in [5.74, 6) is 0.617. The summed E-state index contributed by atoms with van der Waals surface area (Å²) in [5.41, 5.74) is 0.727. The van der Waals surface area contributed by atoms with E-state index in [2.05, 4.69) is 15.7 Å². The van der Waals surface area contributed by atoms with Crippen LogP contribution in [-0.4, -0.2) is 35.1 Å². The van der Waals surface area contributed by atoms with Crippen LogP contribution in [0.25, 0.3) is 0 Å². The normalized spacial score (nSPS) is 16.6. The minimum Gasteiger partial charge on any atom is -0.381 e. The summed E-state index contributed by atoms with van der Waals surface area (Å²) in [6.45, 7) is 6.42. The van der Waals surface area contributed by atoms with Crippen LogP contribution in [0.5, 0.6) is 0 Å². The minimum absolute atomic E-state index is 0.122. The summed E-state index contributed by atoms with van der Waals surface area (Å²) in [5, 5.41) is 9.83. The molecule has 19 heavy (non-hydrogen) atoms. The predicted molar refractivity (Wildman–Crippen MR) is 73.1 cm³/mol. The van der Waals surface area contributed by atoms with E-state index in [1.165, 1.54) is 0 Å². The van der Waals surface area contributed by atoms with Crippen LogP contribution < -0.4 is 10.6 Å². The van der Waals surface area contributed by atoms with E-state index in [0.29, 0.717) is 5.92 Å². The number of ether oxygens (including phenoxy) is 1. The number of carbonyl (C=O) groups excluding carboxylic acids is 1. The van der Waals surface area contributed by atoms with E-state index < -0.39 is 0 Å². The Kier molecular flexibility index (Phi) is 4.79. The van der Waals surface area contributed by atoms with Crippen molar-refractivity contribution in [3.63, 3.8) is 0 Å². The lowest BCUT2D eigenvalue weighted by atomic mass is 10.0. The van der Waals surface area contributed by atoms with E-state index in [0.717, 1.165) is 38.3 Å². The van der Waals surface area contributed by atoms with Crippen molar-refractivity contribution >= 4 is 11.7 Å². The van der Waals surface area contributed by atoms with Crippen molar-refractivity contribution in [1.82, 2.24) is 15.1 Å². The summed E-state index contributed by atoms with van der Waals surface area (Å²) >= 11 is 0. The first-order valence-electron chi connectivity index (χ1n) is 6.81. The number of amides is 2. The van der Waals surface area contributed by atoms with Crippen LogP contribution in [0.15, 0.2) is 12.4 Å². The Morgan fingerprint density at radius 1 is 1.53 bits per heavy atom. The number of urea groups is 1. The summed E-state index contributed by atoms with van der Waals surface area (Å²) in [4.78, 5) is 11.5. The maximum Gasteiger partial charge on any atom is 0.319 e. The Morgan fingerprint density at radius 3 is 2.95 bits per heavy atom. The van der Waals surface area contributed by atoms with Crippen LogP contribution >= 0.6 is 0 Å². The van der Waals surface area contributed by atoms with Crippen molar-refractivity contribution in [2.75, 3.05) is 18.5 Å². The molecule has 1 aliphatic heterocycles. The average Bonchev–Trinajstić information content (AvgIpc) is 2.76. The van der Waals surface area contributed by atoms with Crippen LogP contribution in [0.4, 0.5) is 10.5 Å². The lowest BCUT2D eigenvalue weighted by Gasteiger charge is -2.21.